The molecular formula is C25H30N2O. The van der Waals surface area contributed by atoms with Crippen LogP contribution in [0.1, 0.15) is 56.2 Å². The molecule has 0 aliphatic carbocycles. The fourth-order valence-corrected chi connectivity index (χ4v) is 3.13. The number of aromatic nitrogens is 2. The number of ether oxygens (including phenoxy) is 1. The molecule has 28 heavy (non-hydrogen) atoms. The summed E-state index contributed by atoms with van der Waals surface area (Å²) in [6.07, 6.45) is 11.1. The highest BCUT2D eigenvalue weighted by molar-refractivity contribution is 5.55. The zero-order valence-corrected chi connectivity index (χ0v) is 17.0. The number of benzene rings is 2. The van der Waals surface area contributed by atoms with Crippen molar-refractivity contribution in [1.82, 2.24) is 9.97 Å². The van der Waals surface area contributed by atoms with Crippen molar-refractivity contribution < 1.29 is 4.74 Å². The van der Waals surface area contributed by atoms with E-state index in [1.807, 2.05) is 36.7 Å². The summed E-state index contributed by atoms with van der Waals surface area (Å²) >= 11 is 0. The van der Waals surface area contributed by atoms with Crippen molar-refractivity contribution in [2.45, 2.75) is 59.0 Å². The summed E-state index contributed by atoms with van der Waals surface area (Å²) in [4.78, 5) is 9.07. The number of hydrogen-bond acceptors (Lipinski definition) is 3. The van der Waals surface area contributed by atoms with Crippen molar-refractivity contribution >= 4 is 0 Å². The summed E-state index contributed by atoms with van der Waals surface area (Å²) in [6.45, 7) is 4.97. The standard InChI is InChI=1S/C25H30N2O/c1-3-5-6-7-8-22-17-26-25(27-18-22)23-13-15-24(16-14-23)28-19-21-11-9-20(4-2)10-12-21/h9-18H,3-8,19H2,1-2H3. The summed E-state index contributed by atoms with van der Waals surface area (Å²) in [5.74, 6) is 1.62. The lowest BCUT2D eigenvalue weighted by Gasteiger charge is -2.08. The molecule has 2 aromatic carbocycles. The minimum atomic E-state index is 0.576. The van der Waals surface area contributed by atoms with Crippen molar-refractivity contribution in [2.24, 2.45) is 0 Å². The Morgan fingerprint density at radius 2 is 1.39 bits per heavy atom. The lowest BCUT2D eigenvalue weighted by Crippen LogP contribution is -1.96. The van der Waals surface area contributed by atoms with Crippen LogP contribution in [-0.2, 0) is 19.4 Å². The first-order valence-electron chi connectivity index (χ1n) is 10.4. The van der Waals surface area contributed by atoms with E-state index in [0.29, 0.717) is 6.61 Å². The molecule has 0 bridgehead atoms. The molecule has 0 saturated heterocycles. The molecule has 0 unspecified atom stereocenters. The van der Waals surface area contributed by atoms with Crippen LogP contribution in [0.3, 0.4) is 0 Å². The van der Waals surface area contributed by atoms with Gasteiger partial charge in [0.25, 0.3) is 0 Å². The monoisotopic (exact) mass is 374 g/mol. The molecule has 3 nitrogen and oxygen atoms in total. The molecule has 0 N–H and O–H groups in total. The minimum Gasteiger partial charge on any atom is -0.489 e. The van der Waals surface area contributed by atoms with Gasteiger partial charge in [0, 0.05) is 18.0 Å². The van der Waals surface area contributed by atoms with Crippen molar-refractivity contribution in [3.05, 3.63) is 77.6 Å². The quantitative estimate of drug-likeness (QED) is 0.385. The first kappa shape index (κ1) is 20.1. The van der Waals surface area contributed by atoms with Gasteiger partial charge < -0.3 is 4.74 Å². The van der Waals surface area contributed by atoms with E-state index in [4.69, 9.17) is 4.74 Å². The Morgan fingerprint density at radius 1 is 0.714 bits per heavy atom. The van der Waals surface area contributed by atoms with Gasteiger partial charge in [-0.1, -0.05) is 57.4 Å². The smallest absolute Gasteiger partial charge is 0.159 e. The molecule has 0 radical (unpaired) electrons. The van der Waals surface area contributed by atoms with E-state index in [1.165, 1.54) is 42.4 Å². The Kier molecular flexibility index (Phi) is 7.60. The van der Waals surface area contributed by atoms with Crippen LogP contribution >= 0.6 is 0 Å². The van der Waals surface area contributed by atoms with E-state index >= 15 is 0 Å². The third-order valence-electron chi connectivity index (χ3n) is 4.97. The summed E-state index contributed by atoms with van der Waals surface area (Å²) in [5.41, 5.74) is 4.75. The lowest BCUT2D eigenvalue weighted by atomic mass is 10.1. The van der Waals surface area contributed by atoms with Crippen LogP contribution in [0, 0.1) is 0 Å². The van der Waals surface area contributed by atoms with Gasteiger partial charge in [-0.25, -0.2) is 9.97 Å². The van der Waals surface area contributed by atoms with E-state index in [-0.39, 0.29) is 0 Å². The first-order valence-corrected chi connectivity index (χ1v) is 10.4. The SMILES string of the molecule is CCCCCCc1cnc(-c2ccc(OCc3ccc(CC)cc3)cc2)nc1. The van der Waals surface area contributed by atoms with Gasteiger partial charge in [0.05, 0.1) is 0 Å². The second-order valence-corrected chi connectivity index (χ2v) is 7.21. The molecule has 3 heteroatoms. The van der Waals surface area contributed by atoms with E-state index in [9.17, 15) is 0 Å². The minimum absolute atomic E-state index is 0.576. The fourth-order valence-electron chi connectivity index (χ4n) is 3.13. The molecule has 0 spiro atoms. The van der Waals surface area contributed by atoms with Crippen molar-refractivity contribution in [3.8, 4) is 17.1 Å². The van der Waals surface area contributed by atoms with E-state index in [2.05, 4.69) is 48.1 Å². The average molecular weight is 375 g/mol. The number of rotatable bonds is 10. The molecule has 146 valence electrons. The molecule has 1 heterocycles. The predicted octanol–water partition coefficient (Wildman–Crippen LogP) is 6.41. The first-order chi connectivity index (χ1) is 13.8. The van der Waals surface area contributed by atoms with Crippen LogP contribution in [0.15, 0.2) is 60.9 Å². The molecule has 0 saturated carbocycles. The van der Waals surface area contributed by atoms with Gasteiger partial charge in [-0.05, 0) is 60.2 Å². The van der Waals surface area contributed by atoms with Crippen molar-refractivity contribution in [1.29, 1.82) is 0 Å². The van der Waals surface area contributed by atoms with Crippen LogP contribution in [0.5, 0.6) is 5.75 Å². The van der Waals surface area contributed by atoms with Gasteiger partial charge in [-0.2, -0.15) is 0 Å². The number of hydrogen-bond donors (Lipinski definition) is 0. The summed E-state index contributed by atoms with van der Waals surface area (Å²) in [6, 6.07) is 16.6. The third-order valence-corrected chi connectivity index (χ3v) is 4.97. The maximum Gasteiger partial charge on any atom is 0.159 e. The number of unbranched alkanes of at least 4 members (excludes halogenated alkanes) is 3. The maximum atomic E-state index is 5.90. The van der Waals surface area contributed by atoms with Crippen LogP contribution < -0.4 is 4.74 Å². The molecule has 3 aromatic rings. The van der Waals surface area contributed by atoms with Crippen LogP contribution in [-0.4, -0.2) is 9.97 Å². The van der Waals surface area contributed by atoms with E-state index < -0.39 is 0 Å². The third kappa shape index (κ3) is 5.91. The van der Waals surface area contributed by atoms with Gasteiger partial charge in [0.2, 0.25) is 0 Å². The summed E-state index contributed by atoms with van der Waals surface area (Å²) in [7, 11) is 0. The summed E-state index contributed by atoms with van der Waals surface area (Å²) < 4.78 is 5.90. The molecule has 1 aromatic heterocycles. The molecule has 0 fully saturated rings. The topological polar surface area (TPSA) is 35.0 Å². The maximum absolute atomic E-state index is 5.90. The largest absolute Gasteiger partial charge is 0.489 e. The highest BCUT2D eigenvalue weighted by atomic mass is 16.5. The average Bonchev–Trinajstić information content (AvgIpc) is 2.76. The molecule has 3 rings (SSSR count). The van der Waals surface area contributed by atoms with Crippen LogP contribution in [0.2, 0.25) is 0 Å². The fraction of sp³-hybridized carbons (Fsp3) is 0.360. The number of nitrogens with zero attached hydrogens (tertiary/aromatic N) is 2. The zero-order valence-electron chi connectivity index (χ0n) is 17.0. The van der Waals surface area contributed by atoms with Crippen molar-refractivity contribution in [3.63, 3.8) is 0 Å². The second-order valence-electron chi connectivity index (χ2n) is 7.21. The second kappa shape index (κ2) is 10.6. The van der Waals surface area contributed by atoms with Gasteiger partial charge >= 0.3 is 0 Å². The van der Waals surface area contributed by atoms with Crippen molar-refractivity contribution in [2.75, 3.05) is 0 Å². The molecule has 0 aliphatic rings. The normalized spacial score (nSPS) is 10.8. The Labute approximate surface area is 168 Å². The molecule has 0 atom stereocenters. The lowest BCUT2D eigenvalue weighted by molar-refractivity contribution is 0.306. The number of aryl methyl sites for hydroxylation is 2. The molecular weight excluding hydrogens is 344 g/mol. The zero-order chi connectivity index (χ0) is 19.6. The van der Waals surface area contributed by atoms with Gasteiger partial charge in [-0.3, -0.25) is 0 Å². The van der Waals surface area contributed by atoms with Gasteiger partial charge in [0.1, 0.15) is 12.4 Å². The summed E-state index contributed by atoms with van der Waals surface area (Å²) in [5, 5.41) is 0. The Balaban J connectivity index is 1.53. The van der Waals surface area contributed by atoms with Crippen LogP contribution in [0.25, 0.3) is 11.4 Å². The molecule has 0 aliphatic heterocycles. The van der Waals surface area contributed by atoms with E-state index in [1.54, 1.807) is 0 Å². The van der Waals surface area contributed by atoms with E-state index in [0.717, 1.165) is 30.0 Å². The van der Waals surface area contributed by atoms with Gasteiger partial charge in [-0.15, -0.1) is 0 Å². The van der Waals surface area contributed by atoms with Gasteiger partial charge in [0.15, 0.2) is 5.82 Å². The Morgan fingerprint density at radius 3 is 2.04 bits per heavy atom. The Hall–Kier alpha value is -2.68. The Bertz CT molecular complexity index is 824. The predicted molar refractivity (Wildman–Crippen MR) is 115 cm³/mol. The highest BCUT2D eigenvalue weighted by Gasteiger charge is 2.03. The van der Waals surface area contributed by atoms with Crippen LogP contribution in [0.4, 0.5) is 0 Å². The highest BCUT2D eigenvalue weighted by Crippen LogP contribution is 2.20. The molecule has 0 amide bonds.